The molecule has 1 saturated heterocycles. The van der Waals surface area contributed by atoms with E-state index in [1.54, 1.807) is 34.6 Å². The van der Waals surface area contributed by atoms with E-state index in [0.29, 0.717) is 6.42 Å². The zero-order chi connectivity index (χ0) is 13.2. The minimum absolute atomic E-state index is 0.183. The van der Waals surface area contributed by atoms with E-state index in [-0.39, 0.29) is 24.0 Å². The van der Waals surface area contributed by atoms with Crippen LogP contribution in [0.5, 0.6) is 0 Å². The van der Waals surface area contributed by atoms with Crippen LogP contribution in [0.25, 0.3) is 0 Å². The molecule has 0 aromatic carbocycles. The second-order valence-electron chi connectivity index (χ2n) is 5.53. The monoisotopic (exact) mass is 243 g/mol. The molecule has 0 saturated carbocycles. The highest BCUT2D eigenvalue weighted by molar-refractivity contribution is 5.74. The van der Waals surface area contributed by atoms with E-state index < -0.39 is 11.7 Å². The predicted octanol–water partition coefficient (Wildman–Crippen LogP) is 1.85. The van der Waals surface area contributed by atoms with Crippen LogP contribution in [0.1, 0.15) is 41.0 Å². The molecule has 98 valence electrons. The van der Waals surface area contributed by atoms with Crippen LogP contribution in [0.2, 0.25) is 0 Å². The molecule has 1 aliphatic rings. The molecular formula is C12H21NO4. The van der Waals surface area contributed by atoms with Gasteiger partial charge in [-0.1, -0.05) is 6.92 Å². The van der Waals surface area contributed by atoms with Gasteiger partial charge in [0.25, 0.3) is 0 Å². The number of amides is 1. The van der Waals surface area contributed by atoms with Gasteiger partial charge in [0.1, 0.15) is 11.7 Å². The first kappa shape index (κ1) is 13.8. The standard InChI is InChI=1S/C12H21NO4/c1-7-6-9(8(2)16-10(7)14)13-11(15)17-12(3,4)5/h7-9H,6H2,1-5H3,(H,13,15)/t7?,8-,9-/m1/s1. The summed E-state index contributed by atoms with van der Waals surface area (Å²) in [6.45, 7) is 8.97. The molecule has 5 nitrogen and oxygen atoms in total. The number of esters is 1. The lowest BCUT2D eigenvalue weighted by molar-refractivity contribution is -0.160. The summed E-state index contributed by atoms with van der Waals surface area (Å²) in [6.07, 6.45) is -0.204. The maximum Gasteiger partial charge on any atom is 0.408 e. The van der Waals surface area contributed by atoms with Gasteiger partial charge in [0, 0.05) is 0 Å². The Kier molecular flexibility index (Phi) is 4.01. The Balaban J connectivity index is 2.51. The highest BCUT2D eigenvalue weighted by Crippen LogP contribution is 2.20. The fraction of sp³-hybridized carbons (Fsp3) is 0.833. The minimum Gasteiger partial charge on any atom is -0.460 e. The maximum atomic E-state index is 11.6. The van der Waals surface area contributed by atoms with Gasteiger partial charge in [-0.25, -0.2) is 4.79 Å². The Bertz CT molecular complexity index is 308. The quantitative estimate of drug-likeness (QED) is 0.714. The van der Waals surface area contributed by atoms with Crippen LogP contribution in [-0.4, -0.2) is 29.8 Å². The average Bonchev–Trinajstić information content (AvgIpc) is 2.11. The Hall–Kier alpha value is -1.26. The SMILES string of the molecule is CC1C[C@@H](NC(=O)OC(C)(C)C)[C@@H](C)OC1=O. The first-order valence-corrected chi connectivity index (χ1v) is 5.89. The van der Waals surface area contributed by atoms with Crippen molar-refractivity contribution in [2.45, 2.75) is 58.8 Å². The fourth-order valence-electron chi connectivity index (χ4n) is 1.69. The van der Waals surface area contributed by atoms with Crippen molar-refractivity contribution in [1.82, 2.24) is 5.32 Å². The van der Waals surface area contributed by atoms with Gasteiger partial charge in [-0.2, -0.15) is 0 Å². The minimum atomic E-state index is -0.524. The number of carbonyl (C=O) groups excluding carboxylic acids is 2. The van der Waals surface area contributed by atoms with Crippen LogP contribution in [-0.2, 0) is 14.3 Å². The third-order valence-electron chi connectivity index (χ3n) is 2.58. The molecule has 1 aliphatic heterocycles. The zero-order valence-electron chi connectivity index (χ0n) is 11.1. The molecule has 1 rings (SSSR count). The van der Waals surface area contributed by atoms with E-state index in [1.807, 2.05) is 0 Å². The summed E-state index contributed by atoms with van der Waals surface area (Å²) in [4.78, 5) is 22.9. The van der Waals surface area contributed by atoms with Crippen molar-refractivity contribution in [3.8, 4) is 0 Å². The van der Waals surface area contributed by atoms with Gasteiger partial charge in [0.2, 0.25) is 0 Å². The van der Waals surface area contributed by atoms with Crippen molar-refractivity contribution in [2.24, 2.45) is 5.92 Å². The highest BCUT2D eigenvalue weighted by atomic mass is 16.6. The number of hydrogen-bond acceptors (Lipinski definition) is 4. The molecule has 1 fully saturated rings. The molecule has 0 spiro atoms. The van der Waals surface area contributed by atoms with Crippen LogP contribution in [0, 0.1) is 5.92 Å². The maximum absolute atomic E-state index is 11.6. The van der Waals surface area contributed by atoms with Crippen LogP contribution >= 0.6 is 0 Å². The van der Waals surface area contributed by atoms with Crippen LogP contribution in [0.4, 0.5) is 4.79 Å². The molecule has 1 unspecified atom stereocenters. The van der Waals surface area contributed by atoms with E-state index in [9.17, 15) is 9.59 Å². The first-order valence-electron chi connectivity index (χ1n) is 5.89. The van der Waals surface area contributed by atoms with E-state index in [0.717, 1.165) is 0 Å². The second kappa shape index (κ2) is 4.94. The van der Waals surface area contributed by atoms with Crippen LogP contribution < -0.4 is 5.32 Å². The van der Waals surface area contributed by atoms with Gasteiger partial charge < -0.3 is 14.8 Å². The molecular weight excluding hydrogens is 222 g/mol. The molecule has 1 N–H and O–H groups in total. The third kappa shape index (κ3) is 4.24. The summed E-state index contributed by atoms with van der Waals surface area (Å²) in [7, 11) is 0. The van der Waals surface area contributed by atoms with Crippen molar-refractivity contribution in [3.63, 3.8) is 0 Å². The van der Waals surface area contributed by atoms with E-state index in [1.165, 1.54) is 0 Å². The summed E-state index contributed by atoms with van der Waals surface area (Å²) in [6, 6.07) is -0.183. The van der Waals surface area contributed by atoms with Crippen molar-refractivity contribution < 1.29 is 19.1 Å². The van der Waals surface area contributed by atoms with Crippen molar-refractivity contribution >= 4 is 12.1 Å². The van der Waals surface area contributed by atoms with Crippen LogP contribution in [0.15, 0.2) is 0 Å². The number of nitrogens with one attached hydrogen (secondary N) is 1. The van der Waals surface area contributed by atoms with Crippen molar-refractivity contribution in [3.05, 3.63) is 0 Å². The summed E-state index contributed by atoms with van der Waals surface area (Å²) >= 11 is 0. The molecule has 1 amide bonds. The van der Waals surface area contributed by atoms with Gasteiger partial charge in [-0.3, -0.25) is 4.79 Å². The molecule has 5 heteroatoms. The molecule has 0 bridgehead atoms. The summed E-state index contributed by atoms with van der Waals surface area (Å²) in [5, 5.41) is 2.74. The molecule has 17 heavy (non-hydrogen) atoms. The van der Waals surface area contributed by atoms with Crippen LogP contribution in [0.3, 0.4) is 0 Å². The van der Waals surface area contributed by atoms with Gasteiger partial charge in [-0.05, 0) is 34.1 Å². The summed E-state index contributed by atoms with van der Waals surface area (Å²) in [5.74, 6) is -0.397. The fourth-order valence-corrected chi connectivity index (χ4v) is 1.69. The first-order chi connectivity index (χ1) is 7.69. The Morgan fingerprint density at radius 2 is 2.00 bits per heavy atom. The van der Waals surface area contributed by atoms with E-state index >= 15 is 0 Å². The van der Waals surface area contributed by atoms with Gasteiger partial charge >= 0.3 is 12.1 Å². The Labute approximate surface area is 102 Å². The number of cyclic esters (lactones) is 1. The normalized spacial score (nSPS) is 29.5. The number of hydrogen-bond donors (Lipinski definition) is 1. The Morgan fingerprint density at radius 1 is 1.41 bits per heavy atom. The molecule has 0 aromatic heterocycles. The number of rotatable bonds is 1. The summed E-state index contributed by atoms with van der Waals surface area (Å²) < 4.78 is 10.3. The van der Waals surface area contributed by atoms with Crippen molar-refractivity contribution in [1.29, 1.82) is 0 Å². The number of ether oxygens (including phenoxy) is 2. The van der Waals surface area contributed by atoms with Gasteiger partial charge in [-0.15, -0.1) is 0 Å². The highest BCUT2D eigenvalue weighted by Gasteiger charge is 2.34. The molecule has 3 atom stereocenters. The lowest BCUT2D eigenvalue weighted by atomic mass is 9.95. The van der Waals surface area contributed by atoms with Gasteiger partial charge in [0.15, 0.2) is 0 Å². The average molecular weight is 243 g/mol. The lowest BCUT2D eigenvalue weighted by Crippen LogP contribution is -2.50. The topological polar surface area (TPSA) is 64.6 Å². The predicted molar refractivity (Wildman–Crippen MR) is 62.5 cm³/mol. The van der Waals surface area contributed by atoms with Gasteiger partial charge in [0.05, 0.1) is 12.0 Å². The molecule has 0 radical (unpaired) electrons. The van der Waals surface area contributed by atoms with Crippen molar-refractivity contribution in [2.75, 3.05) is 0 Å². The third-order valence-corrected chi connectivity index (χ3v) is 2.58. The second-order valence-corrected chi connectivity index (χ2v) is 5.53. The number of carbonyl (C=O) groups is 2. The number of alkyl carbamates (subject to hydrolysis) is 1. The summed E-state index contributed by atoms with van der Waals surface area (Å²) in [5.41, 5.74) is -0.524. The lowest BCUT2D eigenvalue weighted by Gasteiger charge is -2.33. The van der Waals surface area contributed by atoms with E-state index in [2.05, 4.69) is 5.32 Å². The molecule has 0 aromatic rings. The largest absolute Gasteiger partial charge is 0.460 e. The van der Waals surface area contributed by atoms with E-state index in [4.69, 9.17) is 9.47 Å². The zero-order valence-corrected chi connectivity index (χ0v) is 11.1. The molecule has 0 aliphatic carbocycles. The smallest absolute Gasteiger partial charge is 0.408 e. The Morgan fingerprint density at radius 3 is 2.53 bits per heavy atom. The molecule has 1 heterocycles.